The standard InChI is InChI=1S/C16H19N5O2/c1-12(22)7-8-21-11-19-15-14(21)16(18-10-17-15)20-23-9-13-5-3-2-4-6-13/h2-6,10-12,22H,7-9H2,1H3,(H,17,18,20). The van der Waals surface area contributed by atoms with E-state index < -0.39 is 0 Å². The molecule has 0 aliphatic heterocycles. The molecule has 0 aliphatic carbocycles. The second-order valence-electron chi connectivity index (χ2n) is 5.35. The Kier molecular flexibility index (Phi) is 4.80. The van der Waals surface area contributed by atoms with Gasteiger partial charge in [0.2, 0.25) is 0 Å². The fraction of sp³-hybridized carbons (Fsp3) is 0.312. The second-order valence-corrected chi connectivity index (χ2v) is 5.35. The van der Waals surface area contributed by atoms with Crippen LogP contribution in [-0.2, 0) is 18.0 Å². The molecule has 0 saturated heterocycles. The molecule has 1 atom stereocenters. The maximum Gasteiger partial charge on any atom is 0.183 e. The largest absolute Gasteiger partial charge is 0.393 e. The van der Waals surface area contributed by atoms with Gasteiger partial charge in [0.25, 0.3) is 0 Å². The summed E-state index contributed by atoms with van der Waals surface area (Å²) in [6.07, 6.45) is 3.40. The first-order valence-corrected chi connectivity index (χ1v) is 7.49. The van der Waals surface area contributed by atoms with Crippen molar-refractivity contribution in [2.75, 3.05) is 5.48 Å². The highest BCUT2D eigenvalue weighted by Gasteiger charge is 2.11. The summed E-state index contributed by atoms with van der Waals surface area (Å²) in [5, 5.41) is 9.45. The van der Waals surface area contributed by atoms with Gasteiger partial charge in [0.1, 0.15) is 11.8 Å². The predicted molar refractivity (Wildman–Crippen MR) is 86.5 cm³/mol. The zero-order valence-corrected chi connectivity index (χ0v) is 12.9. The molecule has 7 heteroatoms. The number of aryl methyl sites for hydroxylation is 1. The number of aromatic nitrogens is 4. The van der Waals surface area contributed by atoms with E-state index in [9.17, 15) is 5.11 Å². The van der Waals surface area contributed by atoms with Crippen LogP contribution in [0.1, 0.15) is 18.9 Å². The van der Waals surface area contributed by atoms with E-state index in [0.717, 1.165) is 11.1 Å². The van der Waals surface area contributed by atoms with E-state index in [2.05, 4.69) is 20.4 Å². The summed E-state index contributed by atoms with van der Waals surface area (Å²) in [6.45, 7) is 2.82. The Labute approximate surface area is 133 Å². The normalized spacial score (nSPS) is 12.4. The number of fused-ring (bicyclic) bond motifs is 1. The highest BCUT2D eigenvalue weighted by Crippen LogP contribution is 2.19. The van der Waals surface area contributed by atoms with E-state index in [0.29, 0.717) is 31.0 Å². The third-order valence-corrected chi connectivity index (χ3v) is 3.45. The quantitative estimate of drug-likeness (QED) is 0.650. The molecule has 1 aromatic carbocycles. The van der Waals surface area contributed by atoms with Crippen molar-refractivity contribution >= 4 is 17.0 Å². The van der Waals surface area contributed by atoms with E-state index in [1.165, 1.54) is 6.33 Å². The fourth-order valence-corrected chi connectivity index (χ4v) is 2.24. The molecule has 2 N–H and O–H groups in total. The van der Waals surface area contributed by atoms with Gasteiger partial charge < -0.3 is 9.67 Å². The Morgan fingerprint density at radius 2 is 2.04 bits per heavy atom. The minimum Gasteiger partial charge on any atom is -0.393 e. The number of aliphatic hydroxyl groups excluding tert-OH is 1. The monoisotopic (exact) mass is 313 g/mol. The molecule has 2 aromatic heterocycles. The van der Waals surface area contributed by atoms with Crippen molar-refractivity contribution in [1.82, 2.24) is 19.5 Å². The first kappa shape index (κ1) is 15.4. The van der Waals surface area contributed by atoms with Crippen LogP contribution >= 0.6 is 0 Å². The molecule has 3 rings (SSSR count). The smallest absolute Gasteiger partial charge is 0.183 e. The van der Waals surface area contributed by atoms with Gasteiger partial charge in [-0.3, -0.25) is 4.84 Å². The minimum absolute atomic E-state index is 0.372. The Morgan fingerprint density at radius 1 is 1.22 bits per heavy atom. The van der Waals surface area contributed by atoms with Crippen molar-refractivity contribution in [3.05, 3.63) is 48.5 Å². The first-order chi connectivity index (χ1) is 11.2. The third-order valence-electron chi connectivity index (χ3n) is 3.45. The predicted octanol–water partition coefficient (Wildman–Crippen LogP) is 2.14. The van der Waals surface area contributed by atoms with Gasteiger partial charge >= 0.3 is 0 Å². The Bertz CT molecular complexity index is 758. The van der Waals surface area contributed by atoms with Gasteiger partial charge in [-0.25, -0.2) is 20.4 Å². The molecule has 0 radical (unpaired) electrons. The van der Waals surface area contributed by atoms with E-state index in [-0.39, 0.29) is 6.10 Å². The van der Waals surface area contributed by atoms with Crippen LogP contribution in [0.4, 0.5) is 5.82 Å². The maximum absolute atomic E-state index is 9.45. The van der Waals surface area contributed by atoms with E-state index in [1.807, 2.05) is 34.9 Å². The lowest BCUT2D eigenvalue weighted by Gasteiger charge is -2.10. The van der Waals surface area contributed by atoms with Crippen molar-refractivity contribution in [3.8, 4) is 0 Å². The van der Waals surface area contributed by atoms with Crippen LogP contribution in [0.2, 0.25) is 0 Å². The number of hydrogen-bond donors (Lipinski definition) is 2. The zero-order valence-electron chi connectivity index (χ0n) is 12.9. The molecule has 0 amide bonds. The number of benzene rings is 1. The minimum atomic E-state index is -0.372. The number of nitrogens with zero attached hydrogens (tertiary/aromatic N) is 4. The SMILES string of the molecule is CC(O)CCn1cnc2ncnc(NOCc3ccccc3)c21. The Hall–Kier alpha value is -2.51. The third kappa shape index (κ3) is 3.82. The van der Waals surface area contributed by atoms with Crippen LogP contribution in [0.3, 0.4) is 0 Å². The van der Waals surface area contributed by atoms with Gasteiger partial charge in [-0.15, -0.1) is 0 Å². The fourth-order valence-electron chi connectivity index (χ4n) is 2.24. The number of anilines is 1. The van der Waals surface area contributed by atoms with Crippen LogP contribution in [-0.4, -0.2) is 30.7 Å². The zero-order chi connectivity index (χ0) is 16.1. The molecule has 3 aromatic rings. The van der Waals surface area contributed by atoms with Crippen molar-refractivity contribution < 1.29 is 9.94 Å². The second kappa shape index (κ2) is 7.17. The molecule has 1 unspecified atom stereocenters. The summed E-state index contributed by atoms with van der Waals surface area (Å²) in [5.74, 6) is 0.564. The van der Waals surface area contributed by atoms with Gasteiger partial charge in [-0.05, 0) is 18.9 Å². The number of rotatable bonds is 7. The van der Waals surface area contributed by atoms with Crippen molar-refractivity contribution in [3.63, 3.8) is 0 Å². The van der Waals surface area contributed by atoms with Crippen molar-refractivity contribution in [2.24, 2.45) is 0 Å². The average molecular weight is 313 g/mol. The highest BCUT2D eigenvalue weighted by atomic mass is 16.6. The molecule has 0 saturated carbocycles. The van der Waals surface area contributed by atoms with E-state index in [1.54, 1.807) is 13.3 Å². The lowest BCUT2D eigenvalue weighted by molar-refractivity contribution is 0.177. The number of aliphatic hydroxyl groups is 1. The highest BCUT2D eigenvalue weighted by molar-refractivity contribution is 5.82. The summed E-state index contributed by atoms with van der Waals surface area (Å²) in [6, 6.07) is 9.87. The molecule has 2 heterocycles. The molecule has 0 bridgehead atoms. The average Bonchev–Trinajstić information content (AvgIpc) is 2.98. The molecule has 0 aliphatic rings. The molecular formula is C16H19N5O2. The molecule has 120 valence electrons. The van der Waals surface area contributed by atoms with Crippen LogP contribution < -0.4 is 5.48 Å². The van der Waals surface area contributed by atoms with Crippen LogP contribution in [0.15, 0.2) is 43.0 Å². The summed E-state index contributed by atoms with van der Waals surface area (Å²) >= 11 is 0. The molecule has 0 spiro atoms. The lowest BCUT2D eigenvalue weighted by atomic mass is 10.2. The van der Waals surface area contributed by atoms with Gasteiger partial charge in [-0.1, -0.05) is 30.3 Å². The Morgan fingerprint density at radius 3 is 2.83 bits per heavy atom. The lowest BCUT2D eigenvalue weighted by Crippen LogP contribution is -2.09. The number of hydrogen-bond acceptors (Lipinski definition) is 6. The molecule has 0 fully saturated rings. The Balaban J connectivity index is 1.73. The van der Waals surface area contributed by atoms with Gasteiger partial charge in [0, 0.05) is 6.54 Å². The van der Waals surface area contributed by atoms with E-state index in [4.69, 9.17) is 4.84 Å². The summed E-state index contributed by atoms with van der Waals surface area (Å²) < 4.78 is 1.91. The summed E-state index contributed by atoms with van der Waals surface area (Å²) in [7, 11) is 0. The van der Waals surface area contributed by atoms with Crippen LogP contribution in [0.5, 0.6) is 0 Å². The number of nitrogens with one attached hydrogen (secondary N) is 1. The topological polar surface area (TPSA) is 85.1 Å². The maximum atomic E-state index is 9.45. The van der Waals surface area contributed by atoms with Crippen LogP contribution in [0, 0.1) is 0 Å². The summed E-state index contributed by atoms with van der Waals surface area (Å²) in [4.78, 5) is 18.2. The van der Waals surface area contributed by atoms with Crippen molar-refractivity contribution in [2.45, 2.75) is 32.6 Å². The van der Waals surface area contributed by atoms with Gasteiger partial charge in [-0.2, -0.15) is 0 Å². The van der Waals surface area contributed by atoms with Crippen LogP contribution in [0.25, 0.3) is 11.2 Å². The summed E-state index contributed by atoms with van der Waals surface area (Å²) in [5.41, 5.74) is 5.30. The molecular weight excluding hydrogens is 294 g/mol. The molecule has 23 heavy (non-hydrogen) atoms. The van der Waals surface area contributed by atoms with E-state index >= 15 is 0 Å². The number of imidazole rings is 1. The van der Waals surface area contributed by atoms with Gasteiger partial charge in [0.15, 0.2) is 11.5 Å². The van der Waals surface area contributed by atoms with Crippen molar-refractivity contribution in [1.29, 1.82) is 0 Å². The molecule has 7 nitrogen and oxygen atoms in total. The first-order valence-electron chi connectivity index (χ1n) is 7.49. The van der Waals surface area contributed by atoms with Gasteiger partial charge in [0.05, 0.1) is 19.0 Å².